The van der Waals surface area contributed by atoms with E-state index in [-0.39, 0.29) is 0 Å². The molecule has 0 aliphatic carbocycles. The molecular weight excluding hydrogens is 262 g/mol. The van der Waals surface area contributed by atoms with Gasteiger partial charge in [0, 0.05) is 19.2 Å². The number of ether oxygens (including phenoxy) is 1. The summed E-state index contributed by atoms with van der Waals surface area (Å²) in [6, 6.07) is 4.92. The van der Waals surface area contributed by atoms with Crippen LogP contribution in [0.2, 0.25) is 0 Å². The van der Waals surface area contributed by atoms with E-state index in [0.29, 0.717) is 12.6 Å². The molecule has 0 amide bonds. The van der Waals surface area contributed by atoms with E-state index in [1.165, 1.54) is 16.7 Å². The molecule has 1 aromatic rings. The topological polar surface area (TPSA) is 41.5 Å². The molecule has 0 atom stereocenters. The van der Waals surface area contributed by atoms with Crippen molar-refractivity contribution in [2.45, 2.75) is 66.0 Å². The Hall–Kier alpha value is -1.06. The number of hydrogen-bond donors (Lipinski definition) is 2. The van der Waals surface area contributed by atoms with Gasteiger partial charge in [0.05, 0.1) is 6.61 Å². The van der Waals surface area contributed by atoms with E-state index in [1.54, 1.807) is 0 Å². The SMILES string of the molecule is Cc1cc(CNC(C)C)cc(C)c1OCCCCCCO. The van der Waals surface area contributed by atoms with Crippen LogP contribution >= 0.6 is 0 Å². The minimum absolute atomic E-state index is 0.297. The number of unbranched alkanes of at least 4 members (excludes halogenated alkanes) is 3. The van der Waals surface area contributed by atoms with Gasteiger partial charge < -0.3 is 15.2 Å². The monoisotopic (exact) mass is 293 g/mol. The number of hydrogen-bond acceptors (Lipinski definition) is 3. The van der Waals surface area contributed by atoms with Crippen molar-refractivity contribution in [1.29, 1.82) is 0 Å². The first-order valence-electron chi connectivity index (χ1n) is 8.11. The summed E-state index contributed by atoms with van der Waals surface area (Å²) in [6.45, 7) is 10.5. The lowest BCUT2D eigenvalue weighted by Crippen LogP contribution is -2.21. The van der Waals surface area contributed by atoms with Crippen LogP contribution in [0.4, 0.5) is 0 Å². The molecule has 0 aliphatic heterocycles. The molecule has 3 heteroatoms. The van der Waals surface area contributed by atoms with Gasteiger partial charge in [0.1, 0.15) is 5.75 Å². The quantitative estimate of drug-likeness (QED) is 0.646. The average molecular weight is 293 g/mol. The van der Waals surface area contributed by atoms with Gasteiger partial charge in [-0.05, 0) is 49.8 Å². The molecule has 0 bridgehead atoms. The summed E-state index contributed by atoms with van der Waals surface area (Å²) in [4.78, 5) is 0. The molecule has 1 aromatic carbocycles. The lowest BCUT2D eigenvalue weighted by molar-refractivity contribution is 0.272. The zero-order valence-corrected chi connectivity index (χ0v) is 14.0. The number of rotatable bonds is 10. The van der Waals surface area contributed by atoms with Crippen LogP contribution in [0.15, 0.2) is 12.1 Å². The second-order valence-corrected chi connectivity index (χ2v) is 6.08. The van der Waals surface area contributed by atoms with Crippen LogP contribution in [0, 0.1) is 13.8 Å². The summed E-state index contributed by atoms with van der Waals surface area (Å²) in [5.41, 5.74) is 3.74. The molecule has 0 spiro atoms. The molecule has 0 aromatic heterocycles. The van der Waals surface area contributed by atoms with Crippen LogP contribution in [0.5, 0.6) is 5.75 Å². The lowest BCUT2D eigenvalue weighted by Gasteiger charge is -2.15. The fourth-order valence-electron chi connectivity index (χ4n) is 2.43. The minimum atomic E-state index is 0.297. The Kier molecular flexibility index (Phi) is 8.40. The second kappa shape index (κ2) is 9.80. The highest BCUT2D eigenvalue weighted by Gasteiger charge is 2.07. The van der Waals surface area contributed by atoms with Crippen molar-refractivity contribution in [2.24, 2.45) is 0 Å². The Morgan fingerprint density at radius 3 is 2.24 bits per heavy atom. The summed E-state index contributed by atoms with van der Waals surface area (Å²) in [5.74, 6) is 1.03. The Morgan fingerprint density at radius 2 is 1.67 bits per heavy atom. The molecule has 21 heavy (non-hydrogen) atoms. The molecule has 0 saturated heterocycles. The van der Waals surface area contributed by atoms with E-state index in [1.807, 2.05) is 0 Å². The molecule has 0 fully saturated rings. The Labute approximate surface area is 129 Å². The third-order valence-electron chi connectivity index (χ3n) is 3.53. The summed E-state index contributed by atoms with van der Waals surface area (Å²) < 4.78 is 5.95. The molecule has 0 saturated carbocycles. The van der Waals surface area contributed by atoms with Crippen molar-refractivity contribution in [3.8, 4) is 5.75 Å². The van der Waals surface area contributed by atoms with Crippen LogP contribution in [0.3, 0.4) is 0 Å². The standard InChI is InChI=1S/C18H31NO2/c1-14(2)19-13-17-11-15(3)18(16(4)12-17)21-10-8-6-5-7-9-20/h11-12,14,19-20H,5-10,13H2,1-4H3. The number of nitrogens with one attached hydrogen (secondary N) is 1. The summed E-state index contributed by atoms with van der Waals surface area (Å²) in [5, 5.41) is 12.2. The number of aryl methyl sites for hydroxylation is 2. The lowest BCUT2D eigenvalue weighted by atomic mass is 10.1. The third-order valence-corrected chi connectivity index (χ3v) is 3.53. The first-order chi connectivity index (χ1) is 10.0. The first-order valence-corrected chi connectivity index (χ1v) is 8.11. The van der Waals surface area contributed by atoms with Gasteiger partial charge >= 0.3 is 0 Å². The van der Waals surface area contributed by atoms with E-state index in [0.717, 1.165) is 44.6 Å². The predicted octanol–water partition coefficient (Wildman–Crippen LogP) is 3.73. The maximum Gasteiger partial charge on any atom is 0.125 e. The van der Waals surface area contributed by atoms with Crippen LogP contribution in [0.25, 0.3) is 0 Å². The van der Waals surface area contributed by atoms with Gasteiger partial charge in [0.25, 0.3) is 0 Å². The van der Waals surface area contributed by atoms with E-state index >= 15 is 0 Å². The summed E-state index contributed by atoms with van der Waals surface area (Å²) in [7, 11) is 0. The second-order valence-electron chi connectivity index (χ2n) is 6.08. The van der Waals surface area contributed by atoms with Gasteiger partial charge in [0.15, 0.2) is 0 Å². The van der Waals surface area contributed by atoms with Crippen molar-refractivity contribution in [2.75, 3.05) is 13.2 Å². The van der Waals surface area contributed by atoms with Crippen molar-refractivity contribution < 1.29 is 9.84 Å². The van der Waals surface area contributed by atoms with Crippen LogP contribution in [0.1, 0.15) is 56.2 Å². The molecule has 0 radical (unpaired) electrons. The van der Waals surface area contributed by atoms with Crippen LogP contribution in [-0.2, 0) is 6.54 Å². The highest BCUT2D eigenvalue weighted by atomic mass is 16.5. The highest BCUT2D eigenvalue weighted by Crippen LogP contribution is 2.25. The molecule has 3 nitrogen and oxygen atoms in total. The Morgan fingerprint density at radius 1 is 1.05 bits per heavy atom. The van der Waals surface area contributed by atoms with Crippen molar-refractivity contribution in [3.05, 3.63) is 28.8 Å². The number of aliphatic hydroxyl groups is 1. The highest BCUT2D eigenvalue weighted by molar-refractivity contribution is 5.43. The largest absolute Gasteiger partial charge is 0.493 e. The van der Waals surface area contributed by atoms with Crippen LogP contribution in [-0.4, -0.2) is 24.4 Å². The molecule has 1 rings (SSSR count). The fourth-order valence-corrected chi connectivity index (χ4v) is 2.43. The summed E-state index contributed by atoms with van der Waals surface area (Å²) >= 11 is 0. The predicted molar refractivity (Wildman–Crippen MR) is 88.9 cm³/mol. The van der Waals surface area contributed by atoms with Crippen molar-refractivity contribution in [3.63, 3.8) is 0 Å². The molecule has 0 aliphatic rings. The van der Waals surface area contributed by atoms with Crippen LogP contribution < -0.4 is 10.1 Å². The Balaban J connectivity index is 2.47. The van der Waals surface area contributed by atoms with Gasteiger partial charge in [-0.3, -0.25) is 0 Å². The maximum absolute atomic E-state index is 8.74. The van der Waals surface area contributed by atoms with E-state index in [2.05, 4.69) is 45.1 Å². The molecule has 120 valence electrons. The zero-order chi connectivity index (χ0) is 15.7. The minimum Gasteiger partial charge on any atom is -0.493 e. The summed E-state index contributed by atoms with van der Waals surface area (Å²) in [6.07, 6.45) is 4.15. The Bertz CT molecular complexity index is 393. The first kappa shape index (κ1) is 18.0. The van der Waals surface area contributed by atoms with Gasteiger partial charge in [0.2, 0.25) is 0 Å². The van der Waals surface area contributed by atoms with Gasteiger partial charge in [-0.2, -0.15) is 0 Å². The van der Waals surface area contributed by atoms with E-state index in [9.17, 15) is 0 Å². The van der Waals surface area contributed by atoms with E-state index < -0.39 is 0 Å². The smallest absolute Gasteiger partial charge is 0.125 e. The maximum atomic E-state index is 8.74. The average Bonchev–Trinajstić information content (AvgIpc) is 2.42. The normalized spacial score (nSPS) is 11.1. The van der Waals surface area contributed by atoms with Gasteiger partial charge in [-0.25, -0.2) is 0 Å². The van der Waals surface area contributed by atoms with Gasteiger partial charge in [-0.15, -0.1) is 0 Å². The van der Waals surface area contributed by atoms with Crippen molar-refractivity contribution >= 4 is 0 Å². The molecular formula is C18H31NO2. The number of benzene rings is 1. The molecule has 0 unspecified atom stereocenters. The molecule has 0 heterocycles. The third kappa shape index (κ3) is 6.96. The fraction of sp³-hybridized carbons (Fsp3) is 0.667. The van der Waals surface area contributed by atoms with Gasteiger partial charge in [-0.1, -0.05) is 32.4 Å². The van der Waals surface area contributed by atoms with Crippen molar-refractivity contribution in [1.82, 2.24) is 5.32 Å². The zero-order valence-electron chi connectivity index (χ0n) is 14.0. The van der Waals surface area contributed by atoms with E-state index in [4.69, 9.17) is 9.84 Å². The molecule has 2 N–H and O–H groups in total. The number of aliphatic hydroxyl groups excluding tert-OH is 1.